The maximum Gasteiger partial charge on any atom is 0.436 e. The van der Waals surface area contributed by atoms with Crippen molar-refractivity contribution in [2.75, 3.05) is 13.1 Å². The minimum atomic E-state index is -5.20. The first-order valence-corrected chi connectivity index (χ1v) is 12.8. The van der Waals surface area contributed by atoms with Crippen LogP contribution >= 0.6 is 0 Å². The van der Waals surface area contributed by atoms with Crippen LogP contribution in [0.3, 0.4) is 0 Å². The average molecular weight is 594 g/mol. The third-order valence-corrected chi connectivity index (χ3v) is 7.09. The van der Waals surface area contributed by atoms with Crippen molar-refractivity contribution in [1.82, 2.24) is 24.4 Å². The van der Waals surface area contributed by atoms with Gasteiger partial charge in [0.25, 0.3) is 5.91 Å². The summed E-state index contributed by atoms with van der Waals surface area (Å²) in [6.45, 7) is 2.18. The number of alkyl halides is 3. The van der Waals surface area contributed by atoms with Crippen molar-refractivity contribution in [2.45, 2.75) is 39.0 Å². The molecule has 4 aromatic rings. The van der Waals surface area contributed by atoms with E-state index in [1.54, 1.807) is 12.1 Å². The smallest absolute Gasteiger partial charge is 0.335 e. The lowest BCUT2D eigenvalue weighted by molar-refractivity contribution is -0.145. The molecule has 0 unspecified atom stereocenters. The Morgan fingerprint density at radius 1 is 1.05 bits per heavy atom. The molecule has 1 fully saturated rings. The first-order valence-electron chi connectivity index (χ1n) is 12.8. The van der Waals surface area contributed by atoms with Gasteiger partial charge in [0.05, 0.1) is 6.20 Å². The van der Waals surface area contributed by atoms with E-state index in [1.165, 1.54) is 19.1 Å². The van der Waals surface area contributed by atoms with Crippen molar-refractivity contribution in [3.8, 4) is 11.3 Å². The van der Waals surface area contributed by atoms with Gasteiger partial charge < -0.3 is 9.80 Å². The average Bonchev–Trinajstić information content (AvgIpc) is 3.34. The van der Waals surface area contributed by atoms with Crippen LogP contribution in [0.25, 0.3) is 16.9 Å². The summed E-state index contributed by atoms with van der Waals surface area (Å²) in [7, 11) is 0. The second kappa shape index (κ2) is 10.7. The van der Waals surface area contributed by atoms with E-state index < -0.39 is 88.6 Å². The molecule has 1 aliphatic heterocycles. The van der Waals surface area contributed by atoms with Gasteiger partial charge in [-0.25, -0.2) is 27.1 Å². The maximum absolute atomic E-state index is 15.3. The number of hydrogen-bond acceptors (Lipinski definition) is 4. The van der Waals surface area contributed by atoms with Crippen LogP contribution in [0, 0.1) is 23.3 Å². The van der Waals surface area contributed by atoms with Gasteiger partial charge in [0.15, 0.2) is 28.8 Å². The topological polar surface area (TPSA) is 70.8 Å². The first kappa shape index (κ1) is 29.0. The summed E-state index contributed by atoms with van der Waals surface area (Å²) in [6, 6.07) is 6.45. The quantitative estimate of drug-likeness (QED) is 0.229. The molecule has 1 saturated heterocycles. The fourth-order valence-electron chi connectivity index (χ4n) is 4.89. The van der Waals surface area contributed by atoms with Crippen molar-refractivity contribution >= 4 is 17.5 Å². The monoisotopic (exact) mass is 593 g/mol. The molecule has 0 aliphatic carbocycles. The molecule has 2 aromatic heterocycles. The van der Waals surface area contributed by atoms with Crippen LogP contribution < -0.4 is 0 Å². The number of piperazine rings is 1. The molecule has 1 atom stereocenters. The van der Waals surface area contributed by atoms with Gasteiger partial charge in [-0.3, -0.25) is 9.59 Å². The zero-order valence-corrected chi connectivity index (χ0v) is 22.1. The Labute approximate surface area is 234 Å². The highest BCUT2D eigenvalue weighted by molar-refractivity contribution is 6.02. The lowest BCUT2D eigenvalue weighted by Gasteiger charge is -2.39. The van der Waals surface area contributed by atoms with E-state index in [1.807, 2.05) is 6.92 Å². The fraction of sp³-hybridized carbons (Fsp3) is 0.286. The summed E-state index contributed by atoms with van der Waals surface area (Å²) < 4.78 is 99.0. The Bertz CT molecular complexity index is 1700. The Morgan fingerprint density at radius 2 is 1.74 bits per heavy atom. The van der Waals surface area contributed by atoms with Crippen LogP contribution in [0.15, 0.2) is 42.6 Å². The van der Waals surface area contributed by atoms with Gasteiger partial charge >= 0.3 is 6.18 Å². The summed E-state index contributed by atoms with van der Waals surface area (Å²) in [5.41, 5.74) is -2.85. The zero-order valence-electron chi connectivity index (χ0n) is 22.1. The lowest BCUT2D eigenvalue weighted by atomic mass is 10.1. The molecule has 0 saturated carbocycles. The van der Waals surface area contributed by atoms with Gasteiger partial charge in [0, 0.05) is 36.3 Å². The van der Waals surface area contributed by atoms with Crippen LogP contribution in [0.5, 0.6) is 0 Å². The van der Waals surface area contributed by atoms with Crippen molar-refractivity contribution in [3.63, 3.8) is 0 Å². The van der Waals surface area contributed by atoms with Crippen LogP contribution in [0.2, 0.25) is 0 Å². The number of aryl methyl sites for hydroxylation is 1. The predicted molar refractivity (Wildman–Crippen MR) is 135 cm³/mol. The van der Waals surface area contributed by atoms with Gasteiger partial charge in [0.1, 0.15) is 23.6 Å². The van der Waals surface area contributed by atoms with Crippen molar-refractivity contribution < 1.29 is 40.3 Å². The van der Waals surface area contributed by atoms with Gasteiger partial charge in [-0.15, -0.1) is 0 Å². The molecule has 1 aliphatic rings. The minimum absolute atomic E-state index is 0.0514. The number of rotatable bonds is 5. The number of halogens is 7. The van der Waals surface area contributed by atoms with Crippen LogP contribution in [-0.2, 0) is 23.9 Å². The maximum atomic E-state index is 15.3. The van der Waals surface area contributed by atoms with Gasteiger partial charge in [0.2, 0.25) is 5.91 Å². The molecule has 0 bridgehead atoms. The second-order valence-electron chi connectivity index (χ2n) is 9.88. The molecular formula is C28H22F7N5O2. The molecular weight excluding hydrogens is 571 g/mol. The largest absolute Gasteiger partial charge is 0.436 e. The number of amides is 2. The third-order valence-electron chi connectivity index (χ3n) is 7.09. The van der Waals surface area contributed by atoms with Crippen LogP contribution in [0.4, 0.5) is 30.7 Å². The summed E-state index contributed by atoms with van der Waals surface area (Å²) in [6.07, 6.45) is -3.74. The highest BCUT2D eigenvalue weighted by Crippen LogP contribution is 2.36. The molecule has 220 valence electrons. The fourth-order valence-corrected chi connectivity index (χ4v) is 4.89. The number of carbonyl (C=O) groups is 2. The Hall–Kier alpha value is -4.49. The molecule has 7 nitrogen and oxygen atoms in total. The SMILES string of the molecule is CCc1ccc(-c2nc3c(C(=O)N4CC(=O)N(Cc5cc(F)cc(F)c5F)C[C@H]4C)cnn3c(C(F)(F)F)c2F)cc1. The number of benzene rings is 2. The molecule has 5 rings (SSSR count). The van der Waals surface area contributed by atoms with Gasteiger partial charge in [-0.2, -0.15) is 18.3 Å². The van der Waals surface area contributed by atoms with E-state index in [9.17, 15) is 35.9 Å². The van der Waals surface area contributed by atoms with Crippen molar-refractivity contribution in [3.05, 3.63) is 88.2 Å². The normalized spacial score (nSPS) is 16.0. The predicted octanol–water partition coefficient (Wildman–Crippen LogP) is 5.41. The summed E-state index contributed by atoms with van der Waals surface area (Å²) in [5, 5.41) is 3.60. The highest BCUT2D eigenvalue weighted by atomic mass is 19.4. The van der Waals surface area contributed by atoms with E-state index >= 15 is 4.39 Å². The van der Waals surface area contributed by atoms with Crippen molar-refractivity contribution in [1.29, 1.82) is 0 Å². The Balaban J connectivity index is 1.49. The molecule has 2 amide bonds. The number of carbonyl (C=O) groups excluding carboxylic acids is 2. The minimum Gasteiger partial charge on any atom is -0.335 e. The van der Waals surface area contributed by atoms with E-state index in [-0.39, 0.29) is 16.6 Å². The zero-order chi connectivity index (χ0) is 30.5. The molecule has 3 heterocycles. The number of aromatic nitrogens is 3. The van der Waals surface area contributed by atoms with Gasteiger partial charge in [-0.05, 0) is 25.0 Å². The second-order valence-corrected chi connectivity index (χ2v) is 9.88. The number of nitrogens with zero attached hydrogens (tertiary/aromatic N) is 5. The summed E-state index contributed by atoms with van der Waals surface area (Å²) in [5.74, 6) is -7.04. The molecule has 14 heteroatoms. The van der Waals surface area contributed by atoms with E-state index in [0.29, 0.717) is 12.5 Å². The standard InChI is InChI=1S/C28H22F7N5O2/c1-3-15-4-6-16(7-5-15)24-23(32)25(28(33,34)35)40-26(37-24)19(10-36-40)27(42)39-13-21(41)38(11-14(39)2)12-17-8-18(29)9-20(30)22(17)31/h4-10,14H,3,11-13H2,1-2H3/t14-/m1/s1. The molecule has 2 aromatic carbocycles. The van der Waals surface area contributed by atoms with Crippen LogP contribution in [-0.4, -0.2) is 55.3 Å². The number of fused-ring (bicyclic) bond motifs is 1. The van der Waals surface area contributed by atoms with Gasteiger partial charge in [-0.1, -0.05) is 31.2 Å². The van der Waals surface area contributed by atoms with E-state index in [4.69, 9.17) is 0 Å². The number of hydrogen-bond donors (Lipinski definition) is 0. The van der Waals surface area contributed by atoms with Crippen LogP contribution in [0.1, 0.15) is 41.0 Å². The molecule has 0 N–H and O–H groups in total. The van der Waals surface area contributed by atoms with E-state index in [0.717, 1.165) is 27.6 Å². The van der Waals surface area contributed by atoms with Crippen molar-refractivity contribution in [2.24, 2.45) is 0 Å². The third kappa shape index (κ3) is 5.16. The molecule has 0 radical (unpaired) electrons. The lowest BCUT2D eigenvalue weighted by Crippen LogP contribution is -2.56. The summed E-state index contributed by atoms with van der Waals surface area (Å²) in [4.78, 5) is 32.7. The first-order chi connectivity index (χ1) is 19.8. The summed E-state index contributed by atoms with van der Waals surface area (Å²) >= 11 is 0. The Kier molecular flexibility index (Phi) is 7.41. The molecule has 0 spiro atoms. The molecule has 42 heavy (non-hydrogen) atoms. The van der Waals surface area contributed by atoms with E-state index in [2.05, 4.69) is 10.1 Å². The Morgan fingerprint density at radius 3 is 2.38 bits per heavy atom. The highest BCUT2D eigenvalue weighted by Gasteiger charge is 2.41.